The van der Waals surface area contributed by atoms with E-state index < -0.39 is 0 Å². The lowest BCUT2D eigenvalue weighted by molar-refractivity contribution is -0.0468. The van der Waals surface area contributed by atoms with Crippen molar-refractivity contribution in [2.75, 3.05) is 5.75 Å². The molecule has 1 nitrogen and oxygen atoms in total. The van der Waals surface area contributed by atoms with Crippen LogP contribution < -0.4 is 0 Å². The van der Waals surface area contributed by atoms with E-state index in [1.165, 1.54) is 54.7 Å². The predicted molar refractivity (Wildman–Crippen MR) is 123 cm³/mol. The zero-order chi connectivity index (χ0) is 20.2. The van der Waals surface area contributed by atoms with Gasteiger partial charge in [0, 0.05) is 10.6 Å². The molecule has 7 atom stereocenters. The average Bonchev–Trinajstić information content (AvgIpc) is 3.04. The fraction of sp³-hybridized carbons (Fsp3) is 0.704. The zero-order valence-electron chi connectivity index (χ0n) is 18.5. The van der Waals surface area contributed by atoms with Crippen LogP contribution in [0.4, 0.5) is 0 Å². The number of allylic oxidation sites excluding steroid dienone is 1. The third-order valence-electron chi connectivity index (χ3n) is 9.75. The Morgan fingerprint density at radius 2 is 1.79 bits per heavy atom. The molecular weight excluding hydrogens is 372 g/mol. The maximum absolute atomic E-state index is 10.2. The maximum Gasteiger partial charge on any atom is 0.0577 e. The summed E-state index contributed by atoms with van der Waals surface area (Å²) in [5.41, 5.74) is 3.87. The number of aryl methyl sites for hydroxylation is 1. The second-order valence-corrected chi connectivity index (χ2v) is 12.2. The maximum atomic E-state index is 10.2. The number of aliphatic hydroxyl groups excluding tert-OH is 1. The second-order valence-electron chi connectivity index (χ2n) is 11.1. The van der Waals surface area contributed by atoms with Crippen molar-refractivity contribution < 1.29 is 5.11 Å². The summed E-state index contributed by atoms with van der Waals surface area (Å²) in [4.78, 5) is 1.44. The molecule has 0 radical (unpaired) electrons. The van der Waals surface area contributed by atoms with Crippen molar-refractivity contribution in [1.82, 2.24) is 0 Å². The van der Waals surface area contributed by atoms with Gasteiger partial charge >= 0.3 is 0 Å². The Morgan fingerprint density at radius 1 is 1.00 bits per heavy atom. The molecule has 0 amide bonds. The fourth-order valence-corrected chi connectivity index (χ4v) is 9.13. The summed E-state index contributed by atoms with van der Waals surface area (Å²) in [6.45, 7) is 7.37. The smallest absolute Gasteiger partial charge is 0.0577 e. The minimum atomic E-state index is -0.0885. The summed E-state index contributed by atoms with van der Waals surface area (Å²) in [7, 11) is 0. The molecule has 29 heavy (non-hydrogen) atoms. The molecule has 1 aromatic rings. The number of hydrogen-bond donors (Lipinski definition) is 1. The van der Waals surface area contributed by atoms with Crippen LogP contribution >= 0.6 is 11.8 Å². The monoisotopic (exact) mass is 410 g/mol. The number of thioether (sulfide) groups is 1. The summed E-state index contributed by atoms with van der Waals surface area (Å²) in [6.07, 6.45) is 12.6. The Morgan fingerprint density at radius 3 is 2.59 bits per heavy atom. The Bertz CT molecular complexity index is 782. The van der Waals surface area contributed by atoms with Crippen LogP contribution in [-0.2, 0) is 0 Å². The molecule has 0 aromatic heterocycles. The van der Waals surface area contributed by atoms with Crippen LogP contribution in [0.2, 0.25) is 0 Å². The molecule has 0 spiro atoms. The number of fused-ring (bicyclic) bond motifs is 5. The molecule has 0 unspecified atom stereocenters. The quantitative estimate of drug-likeness (QED) is 0.426. The number of hydrogen-bond acceptors (Lipinski definition) is 2. The molecule has 3 fully saturated rings. The van der Waals surface area contributed by atoms with E-state index in [1.54, 1.807) is 5.57 Å². The van der Waals surface area contributed by atoms with Gasteiger partial charge in [0.15, 0.2) is 0 Å². The van der Waals surface area contributed by atoms with E-state index in [4.69, 9.17) is 0 Å². The lowest BCUT2D eigenvalue weighted by Gasteiger charge is -2.58. The molecule has 0 bridgehead atoms. The van der Waals surface area contributed by atoms with Crippen LogP contribution in [0.5, 0.6) is 0 Å². The highest BCUT2D eigenvalue weighted by atomic mass is 32.2. The molecule has 0 heterocycles. The topological polar surface area (TPSA) is 20.2 Å². The number of rotatable bonds is 3. The van der Waals surface area contributed by atoms with E-state index in [1.807, 2.05) is 0 Å². The molecule has 4 aliphatic rings. The first-order valence-corrected chi connectivity index (χ1v) is 13.0. The minimum absolute atomic E-state index is 0.0885. The van der Waals surface area contributed by atoms with E-state index in [0.717, 1.165) is 36.5 Å². The Balaban J connectivity index is 1.32. The van der Waals surface area contributed by atoms with Gasteiger partial charge in [-0.05, 0) is 105 Å². The summed E-state index contributed by atoms with van der Waals surface area (Å²) in [6, 6.07) is 9.11. The molecule has 0 aliphatic heterocycles. The van der Waals surface area contributed by atoms with Crippen LogP contribution in [0.15, 0.2) is 40.8 Å². The first-order chi connectivity index (χ1) is 13.9. The van der Waals surface area contributed by atoms with Gasteiger partial charge in [-0.15, -0.1) is 11.8 Å². The fourth-order valence-electron chi connectivity index (χ4n) is 7.86. The van der Waals surface area contributed by atoms with Gasteiger partial charge < -0.3 is 5.11 Å². The molecular formula is C27H38OS. The van der Waals surface area contributed by atoms with Gasteiger partial charge in [0.25, 0.3) is 0 Å². The molecule has 4 aliphatic carbocycles. The van der Waals surface area contributed by atoms with Crippen molar-refractivity contribution >= 4 is 11.8 Å². The normalized spacial score (nSPS) is 43.9. The van der Waals surface area contributed by atoms with E-state index in [2.05, 4.69) is 62.9 Å². The van der Waals surface area contributed by atoms with Crippen molar-refractivity contribution in [3.63, 3.8) is 0 Å². The van der Waals surface area contributed by atoms with Gasteiger partial charge in [-0.25, -0.2) is 0 Å². The first-order valence-electron chi connectivity index (χ1n) is 12.0. The van der Waals surface area contributed by atoms with Crippen LogP contribution in [0, 0.1) is 41.4 Å². The first kappa shape index (κ1) is 20.2. The largest absolute Gasteiger partial charge is 0.393 e. The van der Waals surface area contributed by atoms with E-state index in [-0.39, 0.29) is 6.10 Å². The summed E-state index contributed by atoms with van der Waals surface area (Å²) in [5.74, 6) is 4.80. The van der Waals surface area contributed by atoms with Gasteiger partial charge in [-0.2, -0.15) is 0 Å². The van der Waals surface area contributed by atoms with Gasteiger partial charge in [-0.3, -0.25) is 0 Å². The molecule has 5 rings (SSSR count). The molecule has 3 saturated carbocycles. The predicted octanol–water partition coefficient (Wildman–Crippen LogP) is 7.03. The lowest BCUT2D eigenvalue weighted by Crippen LogP contribution is -2.50. The number of aliphatic hydroxyl groups is 1. The van der Waals surface area contributed by atoms with E-state index in [9.17, 15) is 5.11 Å². The lowest BCUT2D eigenvalue weighted by atomic mass is 9.47. The Hall–Kier alpha value is -0.730. The minimum Gasteiger partial charge on any atom is -0.393 e. The Kier molecular flexibility index (Phi) is 5.18. The van der Waals surface area contributed by atoms with Crippen LogP contribution in [0.3, 0.4) is 0 Å². The molecule has 0 saturated heterocycles. The standard InChI is InChI=1S/C27H38OS/c1-18-4-8-22(9-5-18)29-17-20-7-11-24-23-10-6-19-16-21(28)12-14-26(19,2)25(23)13-15-27(20,24)3/h4-6,8-9,20-21,23-25,28H,7,10-17H2,1-3H3/t20-,21+,23+,24+,25+,26+,27-/m1/s1. The molecule has 1 aromatic carbocycles. The third kappa shape index (κ3) is 3.33. The summed E-state index contributed by atoms with van der Waals surface area (Å²) in [5, 5.41) is 10.2. The van der Waals surface area contributed by atoms with Crippen LogP contribution in [0.25, 0.3) is 0 Å². The highest BCUT2D eigenvalue weighted by molar-refractivity contribution is 7.99. The zero-order valence-corrected chi connectivity index (χ0v) is 19.3. The van der Waals surface area contributed by atoms with E-state index in [0.29, 0.717) is 10.8 Å². The van der Waals surface area contributed by atoms with Gasteiger partial charge in [0.1, 0.15) is 0 Å². The SMILES string of the molecule is Cc1ccc(SC[C@H]2CC[C@H]3[C@@H]4CC=C5C[C@@H](O)CC[C@]5(C)[C@H]4CC[C@]23C)cc1. The molecule has 1 N–H and O–H groups in total. The van der Waals surface area contributed by atoms with Crippen molar-refractivity contribution in [2.45, 2.75) is 83.1 Å². The van der Waals surface area contributed by atoms with Crippen molar-refractivity contribution in [1.29, 1.82) is 0 Å². The second kappa shape index (κ2) is 7.45. The highest BCUT2D eigenvalue weighted by Crippen LogP contribution is 2.66. The van der Waals surface area contributed by atoms with Gasteiger partial charge in [0.2, 0.25) is 0 Å². The van der Waals surface area contributed by atoms with Gasteiger partial charge in [-0.1, -0.05) is 43.2 Å². The third-order valence-corrected chi connectivity index (χ3v) is 10.9. The molecule has 2 heteroatoms. The van der Waals surface area contributed by atoms with Crippen molar-refractivity contribution in [3.8, 4) is 0 Å². The Labute approximate surface area is 181 Å². The molecule has 158 valence electrons. The van der Waals surface area contributed by atoms with Crippen molar-refractivity contribution in [3.05, 3.63) is 41.5 Å². The highest BCUT2D eigenvalue weighted by Gasteiger charge is 2.58. The van der Waals surface area contributed by atoms with Gasteiger partial charge in [0.05, 0.1) is 6.10 Å². The van der Waals surface area contributed by atoms with Crippen molar-refractivity contribution in [2.24, 2.45) is 34.5 Å². The van der Waals surface area contributed by atoms with E-state index >= 15 is 0 Å². The summed E-state index contributed by atoms with van der Waals surface area (Å²) < 4.78 is 0. The average molecular weight is 411 g/mol. The van der Waals surface area contributed by atoms with Crippen LogP contribution in [0.1, 0.15) is 70.8 Å². The summed E-state index contributed by atoms with van der Waals surface area (Å²) >= 11 is 2.09. The van der Waals surface area contributed by atoms with Crippen LogP contribution in [-0.4, -0.2) is 17.0 Å². The number of benzene rings is 1.